The van der Waals surface area contributed by atoms with Gasteiger partial charge >= 0.3 is 6.03 Å². The Morgan fingerprint density at radius 2 is 2.06 bits per heavy atom. The lowest BCUT2D eigenvalue weighted by molar-refractivity contribution is -0.0141. The van der Waals surface area contributed by atoms with Crippen molar-refractivity contribution in [1.29, 1.82) is 5.26 Å². The van der Waals surface area contributed by atoms with Crippen molar-refractivity contribution in [2.24, 2.45) is 0 Å². The van der Waals surface area contributed by atoms with Gasteiger partial charge in [-0.3, -0.25) is 9.58 Å². The van der Waals surface area contributed by atoms with Crippen LogP contribution in [0.15, 0.2) is 31.0 Å². The van der Waals surface area contributed by atoms with Crippen LogP contribution in [-0.2, 0) is 5.54 Å². The molecular weight excluding hydrogens is 406 g/mol. The van der Waals surface area contributed by atoms with E-state index in [0.717, 1.165) is 61.3 Å². The second kappa shape index (κ2) is 7.91. The van der Waals surface area contributed by atoms with E-state index in [1.54, 1.807) is 25.3 Å². The topological polar surface area (TPSA) is 110 Å². The molecule has 0 unspecified atom stereocenters. The fourth-order valence-corrected chi connectivity index (χ4v) is 5.00. The minimum absolute atomic E-state index is 0.0717. The Hall–Kier alpha value is -3.45. The average molecular weight is 434 g/mol. The normalized spacial score (nSPS) is 23.7. The number of aromatic amines is 1. The first kappa shape index (κ1) is 20.5. The number of nitrogens with one attached hydrogen (secondary N) is 1. The lowest BCUT2D eigenvalue weighted by Gasteiger charge is -2.52. The molecule has 1 aliphatic carbocycles. The summed E-state index contributed by atoms with van der Waals surface area (Å²) in [7, 11) is 3.58. The molecule has 166 valence electrons. The van der Waals surface area contributed by atoms with Gasteiger partial charge in [0.25, 0.3) is 0 Å². The Morgan fingerprint density at radius 1 is 1.28 bits per heavy atom. The second-order valence-electron chi connectivity index (χ2n) is 8.96. The Kier molecular flexibility index (Phi) is 5.06. The number of hydrogen-bond donors (Lipinski definition) is 1. The quantitative estimate of drug-likeness (QED) is 0.673. The van der Waals surface area contributed by atoms with Crippen LogP contribution in [0.1, 0.15) is 19.3 Å². The van der Waals surface area contributed by atoms with Gasteiger partial charge in [0.05, 0.1) is 29.9 Å². The van der Waals surface area contributed by atoms with Crippen molar-refractivity contribution in [2.45, 2.75) is 30.8 Å². The number of aromatic nitrogens is 5. The molecule has 0 spiro atoms. The predicted molar refractivity (Wildman–Crippen MR) is 119 cm³/mol. The maximum atomic E-state index is 12.2. The van der Waals surface area contributed by atoms with E-state index in [-0.39, 0.29) is 11.6 Å². The van der Waals surface area contributed by atoms with E-state index in [0.29, 0.717) is 12.5 Å². The molecule has 3 aromatic rings. The van der Waals surface area contributed by atoms with Crippen LogP contribution in [0.25, 0.3) is 22.3 Å². The largest absolute Gasteiger partial charge is 0.346 e. The third-order valence-corrected chi connectivity index (χ3v) is 6.82. The number of fused-ring (bicyclic) bond motifs is 1. The summed E-state index contributed by atoms with van der Waals surface area (Å²) in [6.07, 6.45) is 9.43. The molecule has 5 rings (SSSR count). The van der Waals surface area contributed by atoms with Crippen molar-refractivity contribution < 1.29 is 4.79 Å². The first-order chi connectivity index (χ1) is 15.5. The van der Waals surface area contributed by atoms with Gasteiger partial charge in [0.15, 0.2) is 0 Å². The second-order valence-corrected chi connectivity index (χ2v) is 8.96. The van der Waals surface area contributed by atoms with Gasteiger partial charge in [0.1, 0.15) is 12.0 Å². The lowest BCUT2D eigenvalue weighted by atomic mass is 9.70. The highest BCUT2D eigenvalue weighted by Crippen LogP contribution is 2.45. The molecule has 10 heteroatoms. The van der Waals surface area contributed by atoms with E-state index in [4.69, 9.17) is 0 Å². The molecule has 2 aliphatic rings. The maximum absolute atomic E-state index is 12.2. The first-order valence-electron chi connectivity index (χ1n) is 10.9. The van der Waals surface area contributed by atoms with Crippen molar-refractivity contribution >= 4 is 17.1 Å². The van der Waals surface area contributed by atoms with Crippen LogP contribution in [0.3, 0.4) is 0 Å². The highest BCUT2D eigenvalue weighted by atomic mass is 16.2. The number of piperazine rings is 1. The van der Waals surface area contributed by atoms with E-state index in [1.807, 2.05) is 34.2 Å². The molecule has 1 N–H and O–H groups in total. The first-order valence-corrected chi connectivity index (χ1v) is 10.9. The molecule has 1 aliphatic heterocycles. The number of carbonyl (C=O) groups is 1. The number of urea groups is 1. The number of carbonyl (C=O) groups excluding carboxylic acids is 1. The van der Waals surface area contributed by atoms with Gasteiger partial charge in [-0.25, -0.2) is 14.8 Å². The van der Waals surface area contributed by atoms with E-state index >= 15 is 0 Å². The van der Waals surface area contributed by atoms with Gasteiger partial charge in [-0.2, -0.15) is 10.4 Å². The lowest BCUT2D eigenvalue weighted by Crippen LogP contribution is -2.61. The average Bonchev–Trinajstić information content (AvgIpc) is 3.45. The molecule has 3 aromatic heterocycles. The fourth-order valence-electron chi connectivity index (χ4n) is 5.00. The van der Waals surface area contributed by atoms with E-state index < -0.39 is 0 Å². The number of hydrogen-bond acceptors (Lipinski definition) is 6. The minimum Gasteiger partial charge on any atom is -0.346 e. The summed E-state index contributed by atoms with van der Waals surface area (Å²) in [6, 6.07) is 4.82. The highest BCUT2D eigenvalue weighted by Gasteiger charge is 2.49. The number of H-pyrrole nitrogens is 1. The van der Waals surface area contributed by atoms with Crippen LogP contribution in [-0.4, -0.2) is 91.8 Å². The smallest absolute Gasteiger partial charge is 0.319 e. The van der Waals surface area contributed by atoms with Crippen LogP contribution >= 0.6 is 0 Å². The molecule has 2 amide bonds. The van der Waals surface area contributed by atoms with Crippen molar-refractivity contribution in [3.8, 4) is 17.3 Å². The van der Waals surface area contributed by atoms with E-state index in [1.165, 1.54) is 0 Å². The summed E-state index contributed by atoms with van der Waals surface area (Å²) in [5.74, 6) is 0. The van der Waals surface area contributed by atoms with Crippen LogP contribution < -0.4 is 0 Å². The molecule has 1 saturated heterocycles. The van der Waals surface area contributed by atoms with E-state index in [2.05, 4.69) is 31.0 Å². The number of rotatable bonds is 4. The summed E-state index contributed by atoms with van der Waals surface area (Å²) >= 11 is 0. The Balaban J connectivity index is 1.30. The van der Waals surface area contributed by atoms with Crippen molar-refractivity contribution in [2.75, 3.05) is 40.3 Å². The number of amides is 2. The van der Waals surface area contributed by atoms with Gasteiger partial charge in [0.2, 0.25) is 0 Å². The molecule has 0 radical (unpaired) electrons. The van der Waals surface area contributed by atoms with Crippen molar-refractivity contribution in [3.63, 3.8) is 0 Å². The fraction of sp³-hybridized carbons (Fsp3) is 0.500. The zero-order chi connectivity index (χ0) is 22.3. The predicted octanol–water partition coefficient (Wildman–Crippen LogP) is 1.89. The van der Waals surface area contributed by atoms with Crippen molar-refractivity contribution in [1.82, 2.24) is 39.4 Å². The zero-order valence-electron chi connectivity index (χ0n) is 18.4. The minimum atomic E-state index is -0.293. The van der Waals surface area contributed by atoms with E-state index in [9.17, 15) is 10.1 Å². The Bertz CT molecular complexity index is 1160. The summed E-state index contributed by atoms with van der Waals surface area (Å²) in [5, 5.41) is 15.1. The van der Waals surface area contributed by atoms with Crippen molar-refractivity contribution in [3.05, 3.63) is 31.0 Å². The molecule has 0 aromatic carbocycles. The summed E-state index contributed by atoms with van der Waals surface area (Å²) < 4.78 is 1.97. The standard InChI is InChI=1S/C22H27N9O/c1-28(2)21(32)30-9-7-29(8-10-30)17-11-22(12-17,4-5-23)31-14-16(13-27-31)19-18-3-6-24-20(18)26-15-25-19/h3,6,13-15,17H,4,7-12H2,1-2H3,(H,24,25,26). The number of nitrogens with zero attached hydrogens (tertiary/aromatic N) is 8. The van der Waals surface area contributed by atoms with Crippen LogP contribution in [0, 0.1) is 11.3 Å². The van der Waals surface area contributed by atoms with Crippen LogP contribution in [0.5, 0.6) is 0 Å². The molecule has 0 atom stereocenters. The molecule has 1 saturated carbocycles. The number of nitriles is 1. The van der Waals surface area contributed by atoms with Gasteiger partial charge in [-0.05, 0) is 18.9 Å². The molecular formula is C22H27N9O. The molecule has 4 heterocycles. The molecule has 32 heavy (non-hydrogen) atoms. The third kappa shape index (κ3) is 3.39. The summed E-state index contributed by atoms with van der Waals surface area (Å²) in [6.45, 7) is 3.21. The van der Waals surface area contributed by atoms with Crippen LogP contribution in [0.2, 0.25) is 0 Å². The zero-order valence-corrected chi connectivity index (χ0v) is 18.4. The summed E-state index contributed by atoms with van der Waals surface area (Å²) in [5.41, 5.74) is 2.27. The molecule has 2 fully saturated rings. The molecule has 10 nitrogen and oxygen atoms in total. The maximum Gasteiger partial charge on any atom is 0.319 e. The van der Waals surface area contributed by atoms with Gasteiger partial charge in [-0.1, -0.05) is 0 Å². The Labute approximate surface area is 186 Å². The molecule has 0 bridgehead atoms. The Morgan fingerprint density at radius 3 is 2.78 bits per heavy atom. The third-order valence-electron chi connectivity index (χ3n) is 6.82. The van der Waals surface area contributed by atoms with Gasteiger partial charge < -0.3 is 14.8 Å². The summed E-state index contributed by atoms with van der Waals surface area (Å²) in [4.78, 5) is 30.0. The van der Waals surface area contributed by atoms with Gasteiger partial charge in [0, 0.05) is 69.7 Å². The van der Waals surface area contributed by atoms with Gasteiger partial charge in [-0.15, -0.1) is 0 Å². The monoisotopic (exact) mass is 433 g/mol. The SMILES string of the molecule is CN(C)C(=O)N1CCN(C2CC(CC#N)(n3cc(-c4ncnc5[nH]ccc45)cn3)C2)CC1. The highest BCUT2D eigenvalue weighted by molar-refractivity contribution is 5.90. The van der Waals surface area contributed by atoms with Crippen LogP contribution in [0.4, 0.5) is 4.79 Å².